The molecule has 0 unspecified atom stereocenters. The maximum atomic E-state index is 5.84. The summed E-state index contributed by atoms with van der Waals surface area (Å²) < 4.78 is 13.4. The van der Waals surface area contributed by atoms with Gasteiger partial charge >= 0.3 is 0 Å². The van der Waals surface area contributed by atoms with Crippen molar-refractivity contribution in [2.75, 3.05) is 0 Å². The summed E-state index contributed by atoms with van der Waals surface area (Å²) in [6, 6.07) is 15.2. The molecule has 2 heterocycles. The van der Waals surface area contributed by atoms with Gasteiger partial charge in [-0.15, -0.1) is 21.5 Å². The third-order valence-corrected chi connectivity index (χ3v) is 5.69. The van der Waals surface area contributed by atoms with E-state index < -0.39 is 0 Å². The molecular formula is C17H12ClN3O2S2. The van der Waals surface area contributed by atoms with Crippen molar-refractivity contribution in [3.05, 3.63) is 65.3 Å². The van der Waals surface area contributed by atoms with Gasteiger partial charge in [0.25, 0.3) is 5.89 Å². The van der Waals surface area contributed by atoms with Crippen LogP contribution in [0.25, 0.3) is 10.2 Å². The smallest absolute Gasteiger partial charge is 0.253 e. The Balaban J connectivity index is 1.33. The van der Waals surface area contributed by atoms with Gasteiger partial charge in [-0.05, 0) is 36.4 Å². The fourth-order valence-electron chi connectivity index (χ4n) is 2.12. The summed E-state index contributed by atoms with van der Waals surface area (Å²) in [5.41, 5.74) is 1.01. The number of rotatable bonds is 6. The molecule has 0 amide bonds. The number of fused-ring (bicyclic) bond motifs is 1. The zero-order chi connectivity index (χ0) is 17.1. The molecule has 0 bridgehead atoms. The van der Waals surface area contributed by atoms with Gasteiger partial charge in [0, 0.05) is 5.02 Å². The number of nitrogens with zero attached hydrogens (tertiary/aromatic N) is 3. The monoisotopic (exact) mass is 389 g/mol. The molecule has 2 aromatic carbocycles. The van der Waals surface area contributed by atoms with Crippen LogP contribution in [0.15, 0.2) is 57.3 Å². The highest BCUT2D eigenvalue weighted by Crippen LogP contribution is 2.31. The quantitative estimate of drug-likeness (QED) is 0.422. The first kappa shape index (κ1) is 16.4. The van der Waals surface area contributed by atoms with E-state index >= 15 is 0 Å². The van der Waals surface area contributed by atoms with E-state index in [4.69, 9.17) is 20.8 Å². The molecule has 0 N–H and O–H groups in total. The molecule has 2 aromatic heterocycles. The summed E-state index contributed by atoms with van der Waals surface area (Å²) in [5.74, 6) is 2.27. The van der Waals surface area contributed by atoms with Crippen LogP contribution in [0.5, 0.6) is 5.75 Å². The Morgan fingerprint density at radius 2 is 1.84 bits per heavy atom. The van der Waals surface area contributed by atoms with Crippen molar-refractivity contribution in [1.29, 1.82) is 0 Å². The third-order valence-electron chi connectivity index (χ3n) is 3.28. The number of para-hydroxylation sites is 1. The molecule has 0 saturated heterocycles. The van der Waals surface area contributed by atoms with E-state index in [9.17, 15) is 0 Å². The van der Waals surface area contributed by atoms with Crippen LogP contribution < -0.4 is 4.74 Å². The van der Waals surface area contributed by atoms with Gasteiger partial charge in [-0.3, -0.25) is 0 Å². The number of ether oxygens (including phenoxy) is 1. The first-order chi connectivity index (χ1) is 12.3. The van der Waals surface area contributed by atoms with E-state index in [0.29, 0.717) is 28.3 Å². The van der Waals surface area contributed by atoms with E-state index in [2.05, 4.69) is 21.2 Å². The molecule has 0 aliphatic rings. The van der Waals surface area contributed by atoms with Gasteiger partial charge < -0.3 is 9.15 Å². The van der Waals surface area contributed by atoms with Gasteiger partial charge in [0.15, 0.2) is 10.9 Å². The Bertz CT molecular complexity index is 952. The summed E-state index contributed by atoms with van der Waals surface area (Å²) in [5, 5.41) is 8.72. The van der Waals surface area contributed by atoms with E-state index in [1.807, 2.05) is 18.2 Å². The van der Waals surface area contributed by atoms with Crippen molar-refractivity contribution in [3.8, 4) is 5.75 Å². The molecule has 4 aromatic rings. The second-order valence-corrected chi connectivity index (χ2v) is 7.76. The van der Waals surface area contributed by atoms with E-state index in [1.165, 1.54) is 4.70 Å². The summed E-state index contributed by atoms with van der Waals surface area (Å²) in [6.45, 7) is 0.223. The Labute approximate surface area is 157 Å². The molecule has 5 nitrogen and oxygen atoms in total. The first-order valence-electron chi connectivity index (χ1n) is 7.44. The number of aromatic nitrogens is 3. The summed E-state index contributed by atoms with van der Waals surface area (Å²) >= 11 is 9.08. The number of halogens is 1. The average Bonchev–Trinajstić information content (AvgIpc) is 3.25. The molecule has 126 valence electrons. The molecule has 25 heavy (non-hydrogen) atoms. The zero-order valence-electron chi connectivity index (χ0n) is 12.9. The van der Waals surface area contributed by atoms with Gasteiger partial charge in [0.05, 0.1) is 16.0 Å². The molecule has 8 heteroatoms. The van der Waals surface area contributed by atoms with E-state index in [-0.39, 0.29) is 6.61 Å². The van der Waals surface area contributed by atoms with Crippen molar-refractivity contribution in [2.24, 2.45) is 0 Å². The van der Waals surface area contributed by atoms with Crippen molar-refractivity contribution >= 4 is 44.9 Å². The molecule has 0 fully saturated rings. The lowest BCUT2D eigenvalue weighted by Crippen LogP contribution is -1.95. The molecule has 0 aliphatic heterocycles. The third kappa shape index (κ3) is 4.12. The SMILES string of the molecule is Clc1ccc(OCc2nnc(CSc3nc4ccccc4s3)o2)cc1. The fourth-order valence-corrected chi connectivity index (χ4v) is 4.15. The Morgan fingerprint density at radius 1 is 1.04 bits per heavy atom. The maximum Gasteiger partial charge on any atom is 0.253 e. The van der Waals surface area contributed by atoms with Crippen molar-refractivity contribution in [2.45, 2.75) is 16.7 Å². The van der Waals surface area contributed by atoms with Crippen LogP contribution in [-0.4, -0.2) is 15.2 Å². The first-order valence-corrected chi connectivity index (χ1v) is 9.62. The van der Waals surface area contributed by atoms with Crippen molar-refractivity contribution < 1.29 is 9.15 Å². The molecule has 0 saturated carbocycles. The van der Waals surface area contributed by atoms with Gasteiger partial charge in [-0.25, -0.2) is 4.98 Å². The minimum atomic E-state index is 0.223. The summed E-state index contributed by atoms with van der Waals surface area (Å²) in [4.78, 5) is 4.57. The molecular weight excluding hydrogens is 378 g/mol. The Hall–Kier alpha value is -2.09. The van der Waals surface area contributed by atoms with Crippen LogP contribution in [0.2, 0.25) is 5.02 Å². The Kier molecular flexibility index (Phi) is 4.87. The fraction of sp³-hybridized carbons (Fsp3) is 0.118. The van der Waals surface area contributed by atoms with Crippen LogP contribution in [0.4, 0.5) is 0 Å². The van der Waals surface area contributed by atoms with Crippen LogP contribution in [0.1, 0.15) is 11.8 Å². The summed E-state index contributed by atoms with van der Waals surface area (Å²) in [7, 11) is 0. The highest BCUT2D eigenvalue weighted by Gasteiger charge is 2.10. The van der Waals surface area contributed by atoms with Crippen molar-refractivity contribution in [1.82, 2.24) is 15.2 Å². The number of benzene rings is 2. The van der Waals surface area contributed by atoms with Crippen LogP contribution in [0.3, 0.4) is 0 Å². The van der Waals surface area contributed by atoms with Crippen LogP contribution in [0, 0.1) is 0 Å². The predicted octanol–water partition coefficient (Wildman–Crippen LogP) is 5.20. The average molecular weight is 390 g/mol. The van der Waals surface area contributed by atoms with Gasteiger partial charge in [-0.1, -0.05) is 35.5 Å². The molecule has 4 rings (SSSR count). The standard InChI is InChI=1S/C17H12ClN3O2S2/c18-11-5-7-12(8-6-11)22-9-15-20-21-16(23-15)10-24-17-19-13-3-1-2-4-14(13)25-17/h1-8H,9-10H2. The van der Waals surface area contributed by atoms with E-state index in [1.54, 1.807) is 47.4 Å². The second-order valence-electron chi connectivity index (χ2n) is 5.07. The van der Waals surface area contributed by atoms with Crippen LogP contribution >= 0.6 is 34.7 Å². The highest BCUT2D eigenvalue weighted by molar-refractivity contribution is 8.00. The lowest BCUT2D eigenvalue weighted by molar-refractivity contribution is 0.260. The molecule has 0 atom stereocenters. The van der Waals surface area contributed by atoms with E-state index in [0.717, 1.165) is 9.86 Å². The van der Waals surface area contributed by atoms with Gasteiger partial charge in [0.2, 0.25) is 5.89 Å². The molecule has 0 spiro atoms. The minimum Gasteiger partial charge on any atom is -0.484 e. The highest BCUT2D eigenvalue weighted by atomic mass is 35.5. The molecule has 0 aliphatic carbocycles. The van der Waals surface area contributed by atoms with Gasteiger partial charge in [0.1, 0.15) is 5.75 Å². The topological polar surface area (TPSA) is 61.0 Å². The summed E-state index contributed by atoms with van der Waals surface area (Å²) in [6.07, 6.45) is 0. The second kappa shape index (κ2) is 7.43. The largest absolute Gasteiger partial charge is 0.484 e. The minimum absolute atomic E-state index is 0.223. The predicted molar refractivity (Wildman–Crippen MR) is 99.3 cm³/mol. The number of hydrogen-bond donors (Lipinski definition) is 0. The lowest BCUT2D eigenvalue weighted by atomic mass is 10.3. The lowest BCUT2D eigenvalue weighted by Gasteiger charge is -2.02. The number of thioether (sulfide) groups is 1. The van der Waals surface area contributed by atoms with Crippen molar-refractivity contribution in [3.63, 3.8) is 0 Å². The number of thiazole rings is 1. The maximum absolute atomic E-state index is 5.84. The van der Waals surface area contributed by atoms with Gasteiger partial charge in [-0.2, -0.15) is 0 Å². The zero-order valence-corrected chi connectivity index (χ0v) is 15.3. The normalized spacial score (nSPS) is 11.1. The molecule has 0 radical (unpaired) electrons. The number of hydrogen-bond acceptors (Lipinski definition) is 7. The van der Waals surface area contributed by atoms with Crippen LogP contribution in [-0.2, 0) is 12.4 Å². The Morgan fingerprint density at radius 3 is 2.68 bits per heavy atom.